The number of sulfone groups is 1. The lowest BCUT2D eigenvalue weighted by Crippen LogP contribution is -2.28. The quantitative estimate of drug-likeness (QED) is 0.296. The van der Waals surface area contributed by atoms with Crippen LogP contribution >= 0.6 is 0 Å². The van der Waals surface area contributed by atoms with Gasteiger partial charge in [0, 0.05) is 0 Å². The van der Waals surface area contributed by atoms with Crippen LogP contribution in [0.3, 0.4) is 0 Å². The van der Waals surface area contributed by atoms with Crippen molar-refractivity contribution in [3.63, 3.8) is 0 Å². The fourth-order valence-corrected chi connectivity index (χ4v) is 4.94. The smallest absolute Gasteiger partial charge is 0.279 e. The minimum atomic E-state index is -3.72. The van der Waals surface area contributed by atoms with E-state index in [1.165, 1.54) is 93.5 Å². The molecule has 0 saturated heterocycles. The first-order valence-electron chi connectivity index (χ1n) is 11.9. The molecule has 1 amide bonds. The van der Waals surface area contributed by atoms with Gasteiger partial charge in [0.05, 0.1) is 9.79 Å². The second-order valence-electron chi connectivity index (χ2n) is 8.41. The summed E-state index contributed by atoms with van der Waals surface area (Å²) in [7, 11) is -3.72. The predicted molar refractivity (Wildman–Crippen MR) is 129 cm³/mol. The number of phenolic OH excluding ortho intramolecular Hbond substituents is 1. The Kier molecular flexibility index (Phi) is 11.2. The van der Waals surface area contributed by atoms with Gasteiger partial charge in [-0.25, -0.2) is 8.42 Å². The summed E-state index contributed by atoms with van der Waals surface area (Å²) in [5.41, 5.74) is 7.50. The molecule has 0 saturated carbocycles. The molecule has 0 heterocycles. The van der Waals surface area contributed by atoms with E-state index in [0.717, 1.165) is 19.3 Å². The average Bonchev–Trinajstić information content (AvgIpc) is 2.80. The van der Waals surface area contributed by atoms with Gasteiger partial charge < -0.3 is 9.84 Å². The molecule has 7 heteroatoms. The van der Waals surface area contributed by atoms with Crippen LogP contribution in [0.4, 0.5) is 0 Å². The summed E-state index contributed by atoms with van der Waals surface area (Å²) in [4.78, 5) is 11.9. The zero-order valence-electron chi connectivity index (χ0n) is 19.5. The third-order valence-electron chi connectivity index (χ3n) is 5.67. The highest BCUT2D eigenvalue weighted by Crippen LogP contribution is 2.25. The maximum atomic E-state index is 12.7. The van der Waals surface area contributed by atoms with Crippen LogP contribution in [0.15, 0.2) is 58.3 Å². The number of carbonyl (C=O) groups is 1. The van der Waals surface area contributed by atoms with Gasteiger partial charge in [-0.2, -0.15) is 0 Å². The number of unbranched alkanes of at least 4 members (excludes halogenated alkanes) is 9. The summed E-state index contributed by atoms with van der Waals surface area (Å²) in [6.45, 7) is 2.22. The largest absolute Gasteiger partial charge is 0.508 e. The number of amides is 1. The van der Waals surface area contributed by atoms with Crippen molar-refractivity contribution in [1.29, 1.82) is 0 Å². The molecule has 0 aliphatic rings. The summed E-state index contributed by atoms with van der Waals surface area (Å²) >= 11 is 0. The molecule has 2 aromatic rings. The SMILES string of the molecule is CCCCCCCCCCCCC(Oc1ccc(S(=O)(=O)c2ccc(O)cc2)cc1)C([NH])=O. The molecule has 0 aliphatic carbocycles. The van der Waals surface area contributed by atoms with Crippen molar-refractivity contribution in [3.8, 4) is 11.5 Å². The van der Waals surface area contributed by atoms with Gasteiger partial charge in [-0.3, -0.25) is 10.5 Å². The van der Waals surface area contributed by atoms with Gasteiger partial charge in [-0.15, -0.1) is 0 Å². The van der Waals surface area contributed by atoms with Crippen molar-refractivity contribution in [3.05, 3.63) is 48.5 Å². The minimum absolute atomic E-state index is 0.00814. The molecule has 1 atom stereocenters. The minimum Gasteiger partial charge on any atom is -0.508 e. The molecular weight excluding hydrogens is 438 g/mol. The molecule has 1 radical (unpaired) electrons. The predicted octanol–water partition coefficient (Wildman–Crippen LogP) is 6.09. The van der Waals surface area contributed by atoms with Crippen LogP contribution in [0, 0.1) is 0 Å². The lowest BCUT2D eigenvalue weighted by atomic mass is 10.0. The third kappa shape index (κ3) is 9.08. The lowest BCUT2D eigenvalue weighted by Gasteiger charge is -2.16. The molecule has 0 aromatic heterocycles. The Bertz CT molecular complexity index is 940. The molecule has 33 heavy (non-hydrogen) atoms. The monoisotopic (exact) mass is 474 g/mol. The molecule has 0 fully saturated rings. The molecular formula is C26H36NO5S. The van der Waals surface area contributed by atoms with Crippen molar-refractivity contribution >= 4 is 15.7 Å². The second kappa shape index (κ2) is 13.9. The van der Waals surface area contributed by atoms with E-state index >= 15 is 0 Å². The van der Waals surface area contributed by atoms with E-state index in [2.05, 4.69) is 6.92 Å². The zero-order chi connectivity index (χ0) is 24.1. The first-order chi connectivity index (χ1) is 15.8. The average molecular weight is 475 g/mol. The van der Waals surface area contributed by atoms with E-state index in [9.17, 15) is 18.3 Å². The topological polar surface area (TPSA) is 104 Å². The molecule has 0 aliphatic heterocycles. The Labute approximate surface area is 198 Å². The number of nitrogens with one attached hydrogen (secondary N) is 1. The Hall–Kier alpha value is -2.54. The van der Waals surface area contributed by atoms with E-state index in [0.29, 0.717) is 12.2 Å². The zero-order valence-corrected chi connectivity index (χ0v) is 20.3. The molecule has 2 rings (SSSR count). The number of rotatable bonds is 16. The summed E-state index contributed by atoms with van der Waals surface area (Å²) in [6.07, 6.45) is 11.5. The normalized spacial score (nSPS) is 12.4. The van der Waals surface area contributed by atoms with E-state index in [1.54, 1.807) is 0 Å². The number of ether oxygens (including phenoxy) is 1. The Balaban J connectivity index is 1.80. The van der Waals surface area contributed by atoms with E-state index < -0.39 is 21.8 Å². The van der Waals surface area contributed by atoms with Crippen molar-refractivity contribution in [1.82, 2.24) is 5.73 Å². The fraction of sp³-hybridized carbons (Fsp3) is 0.500. The van der Waals surface area contributed by atoms with Crippen molar-refractivity contribution in [2.24, 2.45) is 0 Å². The molecule has 0 bridgehead atoms. The Morgan fingerprint density at radius 1 is 0.818 bits per heavy atom. The number of carbonyl (C=O) groups excluding carboxylic acids is 1. The summed E-state index contributed by atoms with van der Waals surface area (Å²) in [6, 6.07) is 11.2. The number of benzene rings is 2. The van der Waals surface area contributed by atoms with Gasteiger partial charge in [0.15, 0.2) is 6.10 Å². The van der Waals surface area contributed by atoms with Crippen molar-refractivity contribution < 1.29 is 23.1 Å². The first-order valence-corrected chi connectivity index (χ1v) is 13.4. The second-order valence-corrected chi connectivity index (χ2v) is 10.4. The third-order valence-corrected chi connectivity index (χ3v) is 7.46. The molecule has 2 N–H and O–H groups in total. The highest BCUT2D eigenvalue weighted by molar-refractivity contribution is 7.91. The highest BCUT2D eigenvalue weighted by Gasteiger charge is 2.20. The Morgan fingerprint density at radius 3 is 1.76 bits per heavy atom. The van der Waals surface area contributed by atoms with Crippen LogP contribution in [0.1, 0.15) is 77.6 Å². The number of hydrogen-bond donors (Lipinski definition) is 1. The van der Waals surface area contributed by atoms with Crippen LogP contribution in [-0.2, 0) is 14.6 Å². The highest BCUT2D eigenvalue weighted by atomic mass is 32.2. The number of phenols is 1. The molecule has 0 spiro atoms. The van der Waals surface area contributed by atoms with Crippen LogP contribution in [-0.4, -0.2) is 25.5 Å². The van der Waals surface area contributed by atoms with Gasteiger partial charge in [-0.1, -0.05) is 64.7 Å². The molecule has 181 valence electrons. The molecule has 2 aromatic carbocycles. The van der Waals surface area contributed by atoms with Gasteiger partial charge in [0.2, 0.25) is 9.84 Å². The summed E-state index contributed by atoms with van der Waals surface area (Å²) in [5, 5.41) is 9.36. The van der Waals surface area contributed by atoms with Gasteiger partial charge in [0.1, 0.15) is 11.5 Å². The van der Waals surface area contributed by atoms with E-state index in [1.807, 2.05) is 0 Å². The van der Waals surface area contributed by atoms with Gasteiger partial charge in [-0.05, 0) is 61.4 Å². The van der Waals surface area contributed by atoms with Crippen LogP contribution < -0.4 is 10.5 Å². The van der Waals surface area contributed by atoms with Gasteiger partial charge in [0.25, 0.3) is 5.91 Å². The maximum absolute atomic E-state index is 12.7. The maximum Gasteiger partial charge on any atom is 0.279 e. The first kappa shape index (κ1) is 26.7. The summed E-state index contributed by atoms with van der Waals surface area (Å²) < 4.78 is 31.1. The molecule has 1 unspecified atom stereocenters. The number of hydrogen-bond acceptors (Lipinski definition) is 5. The van der Waals surface area contributed by atoms with E-state index in [-0.39, 0.29) is 15.5 Å². The lowest BCUT2D eigenvalue weighted by molar-refractivity contribution is -0.125. The Morgan fingerprint density at radius 2 is 1.27 bits per heavy atom. The van der Waals surface area contributed by atoms with Crippen LogP contribution in [0.2, 0.25) is 0 Å². The standard InChI is InChI=1S/C26H36NO5S/c1-2-3-4-5-6-7-8-9-10-11-12-25(26(27)29)32-22-15-19-24(20-16-22)33(30,31)23-17-13-21(28)14-18-23/h13-20,25,27-28H,2-12H2,1H3. The number of aromatic hydroxyl groups is 1. The summed E-state index contributed by atoms with van der Waals surface area (Å²) in [5.74, 6) is -0.421. The van der Waals surface area contributed by atoms with Crippen LogP contribution in [0.25, 0.3) is 0 Å². The van der Waals surface area contributed by atoms with Gasteiger partial charge >= 0.3 is 0 Å². The van der Waals surface area contributed by atoms with E-state index in [4.69, 9.17) is 10.5 Å². The van der Waals surface area contributed by atoms with Crippen molar-refractivity contribution in [2.45, 2.75) is 93.4 Å². The molecule has 6 nitrogen and oxygen atoms in total. The van der Waals surface area contributed by atoms with Crippen molar-refractivity contribution in [2.75, 3.05) is 0 Å². The fourth-order valence-electron chi connectivity index (χ4n) is 3.68. The van der Waals surface area contributed by atoms with Crippen LogP contribution in [0.5, 0.6) is 11.5 Å².